The van der Waals surface area contributed by atoms with E-state index in [-0.39, 0.29) is 6.61 Å². The fourth-order valence-corrected chi connectivity index (χ4v) is 0.569. The first-order valence-corrected chi connectivity index (χ1v) is 2.91. The highest BCUT2D eigenvalue weighted by Crippen LogP contribution is 1.94. The molecule has 0 amide bonds. The smallest absolute Gasteiger partial charge is 0.151 e. The van der Waals surface area contributed by atoms with Crippen molar-refractivity contribution in [2.45, 2.75) is 12.2 Å². The van der Waals surface area contributed by atoms with Gasteiger partial charge in [0, 0.05) is 14.2 Å². The van der Waals surface area contributed by atoms with Crippen molar-refractivity contribution in [2.24, 2.45) is 0 Å². The zero-order valence-electron chi connectivity index (χ0n) is 6.11. The van der Waals surface area contributed by atoms with Crippen LogP contribution in [-0.4, -0.2) is 44.4 Å². The Balaban J connectivity index is 3.63. The second-order valence-corrected chi connectivity index (χ2v) is 1.86. The summed E-state index contributed by atoms with van der Waals surface area (Å²) >= 11 is 0. The van der Waals surface area contributed by atoms with Crippen molar-refractivity contribution in [1.82, 2.24) is 0 Å². The average molecular weight is 148 g/mol. The predicted molar refractivity (Wildman–Crippen MR) is 34.7 cm³/mol. The van der Waals surface area contributed by atoms with Gasteiger partial charge in [0.1, 0.15) is 12.2 Å². The van der Waals surface area contributed by atoms with Gasteiger partial charge in [0.25, 0.3) is 0 Å². The summed E-state index contributed by atoms with van der Waals surface area (Å²) in [7, 11) is 2.80. The van der Waals surface area contributed by atoms with E-state index < -0.39 is 12.2 Å². The van der Waals surface area contributed by atoms with Crippen molar-refractivity contribution >= 4 is 6.29 Å². The van der Waals surface area contributed by atoms with Crippen LogP contribution in [0, 0.1) is 0 Å². The molecule has 0 radical (unpaired) electrons. The molecule has 0 rings (SSSR count). The Labute approximate surface area is 59.7 Å². The van der Waals surface area contributed by atoms with Gasteiger partial charge in [-0.1, -0.05) is 0 Å². The second-order valence-electron chi connectivity index (χ2n) is 1.86. The molecule has 0 spiro atoms. The van der Waals surface area contributed by atoms with Crippen molar-refractivity contribution in [3.05, 3.63) is 0 Å². The average Bonchev–Trinajstić information content (AvgIpc) is 1.91. The van der Waals surface area contributed by atoms with E-state index in [0.29, 0.717) is 6.29 Å². The molecular formula is C6H12O4. The molecule has 0 heterocycles. The van der Waals surface area contributed by atoms with Crippen molar-refractivity contribution in [2.75, 3.05) is 20.8 Å². The molecule has 1 N–H and O–H groups in total. The Morgan fingerprint density at radius 3 is 2.50 bits per heavy atom. The van der Waals surface area contributed by atoms with Gasteiger partial charge in [-0.15, -0.1) is 0 Å². The molecular weight excluding hydrogens is 136 g/mol. The minimum absolute atomic E-state index is 0.108. The monoisotopic (exact) mass is 148 g/mol. The van der Waals surface area contributed by atoms with Crippen LogP contribution in [0.4, 0.5) is 0 Å². The lowest BCUT2D eigenvalue weighted by atomic mass is 10.2. The van der Waals surface area contributed by atoms with E-state index >= 15 is 0 Å². The van der Waals surface area contributed by atoms with Crippen LogP contribution in [0.2, 0.25) is 0 Å². The number of aldehydes is 1. The highest BCUT2D eigenvalue weighted by Gasteiger charge is 2.16. The van der Waals surface area contributed by atoms with Crippen LogP contribution in [0.3, 0.4) is 0 Å². The summed E-state index contributed by atoms with van der Waals surface area (Å²) in [4.78, 5) is 10.1. The van der Waals surface area contributed by atoms with Crippen LogP contribution in [0.5, 0.6) is 0 Å². The van der Waals surface area contributed by atoms with Gasteiger partial charge in [-0.05, 0) is 0 Å². The number of hydrogen-bond donors (Lipinski definition) is 1. The number of methoxy groups -OCH3 is 2. The van der Waals surface area contributed by atoms with Gasteiger partial charge >= 0.3 is 0 Å². The summed E-state index contributed by atoms with van der Waals surface area (Å²) in [6, 6.07) is 0. The lowest BCUT2D eigenvalue weighted by Crippen LogP contribution is -2.32. The summed E-state index contributed by atoms with van der Waals surface area (Å²) in [5.41, 5.74) is 0. The van der Waals surface area contributed by atoms with Crippen LogP contribution in [0.15, 0.2) is 0 Å². The Kier molecular flexibility index (Phi) is 5.10. The molecule has 0 aromatic carbocycles. The third-order valence-electron chi connectivity index (χ3n) is 1.12. The van der Waals surface area contributed by atoms with Crippen molar-refractivity contribution in [3.8, 4) is 0 Å². The molecule has 0 saturated carbocycles. The van der Waals surface area contributed by atoms with E-state index in [2.05, 4.69) is 9.47 Å². The predicted octanol–water partition coefficient (Wildman–Crippen LogP) is -0.792. The Hall–Kier alpha value is -0.450. The van der Waals surface area contributed by atoms with Gasteiger partial charge in [-0.25, -0.2) is 0 Å². The zero-order valence-corrected chi connectivity index (χ0v) is 6.11. The maximum Gasteiger partial charge on any atom is 0.151 e. The molecule has 0 bridgehead atoms. The molecule has 0 aromatic heterocycles. The third-order valence-corrected chi connectivity index (χ3v) is 1.12. The number of carbonyl (C=O) groups is 1. The largest absolute Gasteiger partial charge is 0.388 e. The van der Waals surface area contributed by atoms with E-state index in [4.69, 9.17) is 5.11 Å². The maximum absolute atomic E-state index is 10.1. The fourth-order valence-electron chi connectivity index (χ4n) is 0.569. The first kappa shape index (κ1) is 9.55. The van der Waals surface area contributed by atoms with Gasteiger partial charge in [-0.2, -0.15) is 0 Å². The standard InChI is InChI=1S/C6H12O4/c1-9-4-5(8)6(3-7)10-2/h3,5-6,8H,4H2,1-2H3. The number of rotatable bonds is 5. The fraction of sp³-hybridized carbons (Fsp3) is 0.833. The van der Waals surface area contributed by atoms with Gasteiger partial charge in [0.15, 0.2) is 6.29 Å². The van der Waals surface area contributed by atoms with Crippen LogP contribution in [-0.2, 0) is 14.3 Å². The highest BCUT2D eigenvalue weighted by molar-refractivity contribution is 5.56. The van der Waals surface area contributed by atoms with Crippen LogP contribution >= 0.6 is 0 Å². The number of aliphatic hydroxyl groups excluding tert-OH is 1. The maximum atomic E-state index is 10.1. The molecule has 4 heteroatoms. The molecule has 0 aliphatic heterocycles. The molecule has 0 aliphatic carbocycles. The molecule has 60 valence electrons. The van der Waals surface area contributed by atoms with E-state index in [0.717, 1.165) is 0 Å². The van der Waals surface area contributed by atoms with E-state index in [9.17, 15) is 4.79 Å². The minimum atomic E-state index is -0.868. The summed E-state index contributed by atoms with van der Waals surface area (Å²) in [6.45, 7) is 0.108. The molecule has 4 nitrogen and oxygen atoms in total. The molecule has 2 unspecified atom stereocenters. The topological polar surface area (TPSA) is 55.8 Å². The Morgan fingerprint density at radius 1 is 1.60 bits per heavy atom. The summed E-state index contributed by atoms with van der Waals surface area (Å²) in [6.07, 6.45) is -1.10. The second kappa shape index (κ2) is 5.34. The van der Waals surface area contributed by atoms with E-state index in [1.807, 2.05) is 0 Å². The lowest BCUT2D eigenvalue weighted by Gasteiger charge is -2.14. The summed E-state index contributed by atoms with van der Waals surface area (Å²) < 4.78 is 9.22. The minimum Gasteiger partial charge on any atom is -0.388 e. The summed E-state index contributed by atoms with van der Waals surface area (Å²) in [5.74, 6) is 0. The number of hydrogen-bond acceptors (Lipinski definition) is 4. The van der Waals surface area contributed by atoms with Gasteiger partial charge in [-0.3, -0.25) is 0 Å². The molecule has 0 fully saturated rings. The Bertz CT molecular complexity index is 93.7. The lowest BCUT2D eigenvalue weighted by molar-refractivity contribution is -0.125. The number of aliphatic hydroxyl groups is 1. The van der Waals surface area contributed by atoms with E-state index in [1.54, 1.807) is 0 Å². The van der Waals surface area contributed by atoms with Gasteiger partial charge < -0.3 is 19.4 Å². The molecule has 0 aliphatic rings. The Morgan fingerprint density at radius 2 is 2.20 bits per heavy atom. The van der Waals surface area contributed by atoms with Crippen molar-refractivity contribution in [3.63, 3.8) is 0 Å². The van der Waals surface area contributed by atoms with Gasteiger partial charge in [0.05, 0.1) is 6.61 Å². The zero-order chi connectivity index (χ0) is 7.98. The van der Waals surface area contributed by atoms with Crippen molar-refractivity contribution < 1.29 is 19.4 Å². The van der Waals surface area contributed by atoms with Gasteiger partial charge in [0.2, 0.25) is 0 Å². The van der Waals surface area contributed by atoms with Crippen LogP contribution < -0.4 is 0 Å². The van der Waals surface area contributed by atoms with E-state index in [1.165, 1.54) is 14.2 Å². The van der Waals surface area contributed by atoms with Crippen LogP contribution in [0.25, 0.3) is 0 Å². The normalized spacial score (nSPS) is 16.3. The number of carbonyl (C=O) groups excluding carboxylic acids is 1. The SMILES string of the molecule is COCC(O)C(C=O)OC. The third kappa shape index (κ3) is 2.91. The molecule has 10 heavy (non-hydrogen) atoms. The first-order chi connectivity index (χ1) is 4.76. The number of ether oxygens (including phenoxy) is 2. The van der Waals surface area contributed by atoms with Crippen LogP contribution in [0.1, 0.15) is 0 Å². The molecule has 0 aromatic rings. The highest BCUT2D eigenvalue weighted by atomic mass is 16.5. The first-order valence-electron chi connectivity index (χ1n) is 2.91. The van der Waals surface area contributed by atoms with Crippen molar-refractivity contribution in [1.29, 1.82) is 0 Å². The molecule has 2 atom stereocenters. The quantitative estimate of drug-likeness (QED) is 0.519. The summed E-state index contributed by atoms with van der Waals surface area (Å²) in [5, 5.41) is 9.03. The molecule has 0 saturated heterocycles.